The van der Waals surface area contributed by atoms with Crippen LogP contribution in [0.1, 0.15) is 77.1 Å². The van der Waals surface area contributed by atoms with Gasteiger partial charge in [-0.3, -0.25) is 28.5 Å². The lowest BCUT2D eigenvalue weighted by Gasteiger charge is -2.44. The first-order valence-electron chi connectivity index (χ1n) is 16.6. The lowest BCUT2D eigenvalue weighted by Crippen LogP contribution is -2.61. The van der Waals surface area contributed by atoms with Gasteiger partial charge in [0.25, 0.3) is 5.91 Å². The van der Waals surface area contributed by atoms with Gasteiger partial charge in [-0.25, -0.2) is 4.57 Å². The first-order chi connectivity index (χ1) is 24.6. The molecule has 4 N–H and O–H groups in total. The third kappa shape index (κ3) is 13.2. The molecule has 1 aliphatic rings. The fourth-order valence-electron chi connectivity index (χ4n) is 5.42. The molecule has 1 saturated heterocycles. The van der Waals surface area contributed by atoms with E-state index in [0.717, 1.165) is 20.8 Å². The van der Waals surface area contributed by atoms with Crippen molar-refractivity contribution < 1.29 is 71.3 Å². The number of phosphoric acid groups is 1. The average Bonchev–Trinajstić information content (AvgIpc) is 3.05. The molecular weight excluding hydrogens is 707 g/mol. The van der Waals surface area contributed by atoms with Crippen molar-refractivity contribution in [2.24, 2.45) is 0 Å². The van der Waals surface area contributed by atoms with Gasteiger partial charge >= 0.3 is 25.7 Å². The van der Waals surface area contributed by atoms with Crippen LogP contribution >= 0.6 is 7.82 Å². The van der Waals surface area contributed by atoms with Crippen molar-refractivity contribution in [3.05, 3.63) is 48.0 Å². The maximum absolute atomic E-state index is 13.0. The Kier molecular flexibility index (Phi) is 16.0. The highest BCUT2D eigenvalue weighted by Gasteiger charge is 2.53. The fourth-order valence-corrected chi connectivity index (χ4v) is 5.86. The largest absolute Gasteiger partial charge is 0.492 e. The SMILES string of the molecule is CCOc1cc(NC(=O)c2ccccc2)c(OCC)cc1NC(=O)CCCCC[C@@H]1O[C@H](OP(=O)(O)O)[C@@H](OC(C)=O)[C@H](OC(C)=O)[C@@H]1OC(C)=O. The van der Waals surface area contributed by atoms with Gasteiger partial charge in [0, 0.05) is 44.9 Å². The number of unbranched alkanes of at least 4 members (excludes halogenated alkanes) is 2. The highest BCUT2D eigenvalue weighted by atomic mass is 31.2. The molecule has 18 heteroatoms. The Morgan fingerprint density at radius 1 is 0.750 bits per heavy atom. The number of ether oxygens (including phenoxy) is 6. The molecule has 1 fully saturated rings. The number of amides is 2. The van der Waals surface area contributed by atoms with Gasteiger partial charge < -0.3 is 48.8 Å². The van der Waals surface area contributed by atoms with E-state index in [9.17, 15) is 38.3 Å². The molecule has 17 nitrogen and oxygen atoms in total. The zero-order valence-corrected chi connectivity index (χ0v) is 30.4. The van der Waals surface area contributed by atoms with Gasteiger partial charge in [0.15, 0.2) is 18.3 Å². The second-order valence-corrected chi connectivity index (χ2v) is 12.7. The quantitative estimate of drug-likeness (QED) is 0.0721. The van der Waals surface area contributed by atoms with Crippen LogP contribution in [0.25, 0.3) is 0 Å². The van der Waals surface area contributed by atoms with E-state index >= 15 is 0 Å². The fraction of sp³-hybridized carbons (Fsp3) is 0.500. The molecule has 1 heterocycles. The van der Waals surface area contributed by atoms with Crippen molar-refractivity contribution >= 4 is 48.9 Å². The van der Waals surface area contributed by atoms with Crippen molar-refractivity contribution in [1.82, 2.24) is 0 Å². The van der Waals surface area contributed by atoms with Crippen LogP contribution in [0.3, 0.4) is 0 Å². The lowest BCUT2D eigenvalue weighted by molar-refractivity contribution is -0.287. The van der Waals surface area contributed by atoms with Crippen LogP contribution in [0.5, 0.6) is 11.5 Å². The first-order valence-corrected chi connectivity index (χ1v) is 18.2. The first kappa shape index (κ1) is 41.9. The maximum Gasteiger partial charge on any atom is 0.472 e. The molecule has 52 heavy (non-hydrogen) atoms. The Hall–Kier alpha value is -4.54. The zero-order chi connectivity index (χ0) is 38.4. The highest BCUT2D eigenvalue weighted by molar-refractivity contribution is 7.46. The topological polar surface area (TPSA) is 232 Å². The van der Waals surface area contributed by atoms with Crippen LogP contribution in [-0.4, -0.2) is 83.4 Å². The Morgan fingerprint density at radius 2 is 1.29 bits per heavy atom. The summed E-state index contributed by atoms with van der Waals surface area (Å²) < 4.78 is 49.6. The molecule has 2 aromatic carbocycles. The van der Waals surface area contributed by atoms with Gasteiger partial charge in [0.1, 0.15) is 17.6 Å². The Bertz CT molecular complexity index is 1600. The highest BCUT2D eigenvalue weighted by Crippen LogP contribution is 2.43. The smallest absolute Gasteiger partial charge is 0.472 e. The van der Waals surface area contributed by atoms with Crippen LogP contribution in [0.4, 0.5) is 11.4 Å². The van der Waals surface area contributed by atoms with Crippen LogP contribution in [-0.2, 0) is 47.2 Å². The summed E-state index contributed by atoms with van der Waals surface area (Å²) in [7, 11) is -5.21. The minimum Gasteiger partial charge on any atom is -0.492 e. The molecule has 0 aromatic heterocycles. The third-order valence-corrected chi connectivity index (χ3v) is 7.85. The van der Waals surface area contributed by atoms with Crippen LogP contribution < -0.4 is 20.1 Å². The summed E-state index contributed by atoms with van der Waals surface area (Å²) >= 11 is 0. The summed E-state index contributed by atoms with van der Waals surface area (Å²) in [5.41, 5.74) is 1.14. The monoisotopic (exact) mass is 752 g/mol. The number of carbonyl (C=O) groups is 5. The van der Waals surface area contributed by atoms with Gasteiger partial charge in [0.2, 0.25) is 12.2 Å². The summed E-state index contributed by atoms with van der Waals surface area (Å²) in [5, 5.41) is 5.66. The molecule has 2 amide bonds. The predicted octanol–water partition coefficient (Wildman–Crippen LogP) is 4.25. The number of nitrogens with one attached hydrogen (secondary N) is 2. The van der Waals surface area contributed by atoms with E-state index in [1.54, 1.807) is 56.3 Å². The molecule has 3 rings (SSSR count). The lowest BCUT2D eigenvalue weighted by atomic mass is 9.94. The zero-order valence-electron chi connectivity index (χ0n) is 29.5. The summed E-state index contributed by atoms with van der Waals surface area (Å²) in [4.78, 5) is 80.7. The van der Waals surface area contributed by atoms with Gasteiger partial charge in [-0.2, -0.15) is 0 Å². The molecule has 286 valence electrons. The third-order valence-electron chi connectivity index (χ3n) is 7.37. The van der Waals surface area contributed by atoms with Gasteiger partial charge in [-0.1, -0.05) is 31.0 Å². The second kappa shape index (κ2) is 19.9. The molecule has 0 radical (unpaired) electrons. The molecule has 1 aliphatic heterocycles. The Balaban J connectivity index is 1.69. The van der Waals surface area contributed by atoms with Crippen molar-refractivity contribution in [2.45, 2.75) is 97.4 Å². The van der Waals surface area contributed by atoms with Crippen LogP contribution in [0.2, 0.25) is 0 Å². The molecule has 0 saturated carbocycles. The van der Waals surface area contributed by atoms with Crippen LogP contribution in [0, 0.1) is 0 Å². The summed E-state index contributed by atoms with van der Waals surface area (Å²) in [6, 6.07) is 11.8. The maximum atomic E-state index is 13.0. The number of esters is 3. The number of rotatable bonds is 18. The minimum atomic E-state index is -5.21. The molecule has 0 spiro atoms. The molecule has 2 aromatic rings. The standard InChI is InChI=1S/C34H45N2O15P/c1-6-45-27-19-25(36-33(41)23-14-10-8-11-15-23)28(46-7-2)18-24(27)35-29(40)17-13-9-12-16-26-30(47-20(3)37)31(48-21(4)38)32(49-22(5)39)34(50-26)51-52(42,43)44/h8,10-11,14-15,18-19,26,30-32,34H,6-7,9,12-13,16-17H2,1-5H3,(H,35,40)(H,36,41)(H2,42,43,44)/t26-,30+,31+,32-,34+/m0/s1. The Labute approximate surface area is 300 Å². The number of phosphoric ester groups is 1. The van der Waals surface area contributed by atoms with Crippen molar-refractivity contribution in [2.75, 3.05) is 23.8 Å². The van der Waals surface area contributed by atoms with Gasteiger partial charge in [-0.05, 0) is 38.8 Å². The number of hydrogen-bond donors (Lipinski definition) is 4. The molecule has 0 unspecified atom stereocenters. The number of benzene rings is 2. The summed E-state index contributed by atoms with van der Waals surface area (Å²) in [6.07, 6.45) is -6.15. The molecular formula is C34H45N2O15P. The summed E-state index contributed by atoms with van der Waals surface area (Å²) in [6.45, 7) is 7.29. The van der Waals surface area contributed by atoms with Gasteiger partial charge in [-0.15, -0.1) is 0 Å². The minimum absolute atomic E-state index is 0.0788. The normalized spacial score (nSPS) is 19.9. The van der Waals surface area contributed by atoms with Crippen molar-refractivity contribution in [1.29, 1.82) is 0 Å². The molecule has 5 atom stereocenters. The molecule has 0 bridgehead atoms. The van der Waals surface area contributed by atoms with E-state index in [-0.39, 0.29) is 37.9 Å². The van der Waals surface area contributed by atoms with E-state index in [4.69, 9.17) is 32.9 Å². The van der Waals surface area contributed by atoms with Crippen molar-refractivity contribution in [3.63, 3.8) is 0 Å². The second-order valence-electron chi connectivity index (χ2n) is 11.5. The van der Waals surface area contributed by atoms with E-state index in [1.807, 2.05) is 0 Å². The number of carbonyl (C=O) groups excluding carboxylic acids is 5. The van der Waals surface area contributed by atoms with E-state index in [1.165, 1.54) is 0 Å². The van der Waals surface area contributed by atoms with Gasteiger partial charge in [0.05, 0.1) is 24.6 Å². The average molecular weight is 753 g/mol. The predicted molar refractivity (Wildman–Crippen MR) is 183 cm³/mol. The van der Waals surface area contributed by atoms with Crippen LogP contribution in [0.15, 0.2) is 42.5 Å². The Morgan fingerprint density at radius 3 is 1.83 bits per heavy atom. The van der Waals surface area contributed by atoms with E-state index in [0.29, 0.717) is 47.7 Å². The van der Waals surface area contributed by atoms with E-state index in [2.05, 4.69) is 10.6 Å². The van der Waals surface area contributed by atoms with E-state index < -0.39 is 56.4 Å². The summed E-state index contributed by atoms with van der Waals surface area (Å²) in [5.74, 6) is -2.60. The number of hydrogen-bond acceptors (Lipinski definition) is 13. The number of anilines is 2. The molecule has 0 aliphatic carbocycles. The van der Waals surface area contributed by atoms with Crippen molar-refractivity contribution in [3.8, 4) is 11.5 Å².